The molecule has 0 spiro atoms. The van der Waals surface area contributed by atoms with Crippen LogP contribution in [-0.4, -0.2) is 25.9 Å². The first-order chi connectivity index (χ1) is 11.1. The smallest absolute Gasteiger partial charge is 0.282 e. The van der Waals surface area contributed by atoms with E-state index < -0.39 is 5.91 Å². The Balaban J connectivity index is 1.88. The lowest BCUT2D eigenvalue weighted by Gasteiger charge is -2.14. The van der Waals surface area contributed by atoms with Crippen molar-refractivity contribution >= 4 is 29.3 Å². The Hall–Kier alpha value is -3.08. The van der Waals surface area contributed by atoms with Crippen LogP contribution in [0.2, 0.25) is 0 Å². The number of carbonyl (C=O) groups excluding carboxylic acids is 2. The maximum atomic E-state index is 12.5. The van der Waals surface area contributed by atoms with E-state index in [0.29, 0.717) is 5.69 Å². The van der Waals surface area contributed by atoms with Crippen molar-refractivity contribution in [1.29, 1.82) is 0 Å². The van der Waals surface area contributed by atoms with Gasteiger partial charge in [-0.15, -0.1) is 0 Å². The highest BCUT2D eigenvalue weighted by Gasteiger charge is 2.34. The topological polar surface area (TPSA) is 52.7 Å². The number of hydrogen-bond acceptors (Lipinski definition) is 3. The summed E-state index contributed by atoms with van der Waals surface area (Å²) in [7, 11) is 3.91. The second-order valence-corrected chi connectivity index (χ2v) is 5.46. The minimum Gasteiger partial charge on any atom is -0.378 e. The van der Waals surface area contributed by atoms with E-state index in [1.807, 2.05) is 61.5 Å². The number of hydrazine groups is 1. The molecule has 0 atom stereocenters. The van der Waals surface area contributed by atoms with E-state index in [1.165, 1.54) is 5.01 Å². The molecular weight excluding hydrogens is 290 g/mol. The van der Waals surface area contributed by atoms with Crippen molar-refractivity contribution in [2.75, 3.05) is 24.0 Å². The highest BCUT2D eigenvalue weighted by molar-refractivity contribution is 6.31. The fourth-order valence-electron chi connectivity index (χ4n) is 2.35. The molecule has 1 fully saturated rings. The maximum Gasteiger partial charge on any atom is 0.282 e. The Kier molecular flexibility index (Phi) is 3.85. The largest absolute Gasteiger partial charge is 0.378 e. The van der Waals surface area contributed by atoms with Gasteiger partial charge in [0.15, 0.2) is 0 Å². The number of para-hydroxylation sites is 1. The molecule has 1 aliphatic heterocycles. The third-order valence-corrected chi connectivity index (χ3v) is 3.63. The monoisotopic (exact) mass is 307 g/mol. The van der Waals surface area contributed by atoms with Crippen LogP contribution < -0.4 is 15.3 Å². The van der Waals surface area contributed by atoms with Crippen LogP contribution in [0.5, 0.6) is 0 Å². The van der Waals surface area contributed by atoms with E-state index >= 15 is 0 Å². The van der Waals surface area contributed by atoms with Gasteiger partial charge < -0.3 is 4.90 Å². The van der Waals surface area contributed by atoms with E-state index in [0.717, 1.165) is 11.3 Å². The van der Waals surface area contributed by atoms with Gasteiger partial charge >= 0.3 is 0 Å². The van der Waals surface area contributed by atoms with Gasteiger partial charge in [-0.25, -0.2) is 5.01 Å². The summed E-state index contributed by atoms with van der Waals surface area (Å²) >= 11 is 0. The molecular formula is C18H17N3O2. The lowest BCUT2D eigenvalue weighted by atomic mass is 10.1. The number of benzene rings is 2. The second-order valence-electron chi connectivity index (χ2n) is 5.46. The minimum atomic E-state index is -0.393. The molecule has 0 aromatic heterocycles. The predicted molar refractivity (Wildman–Crippen MR) is 90.8 cm³/mol. The maximum absolute atomic E-state index is 12.5. The first-order valence-corrected chi connectivity index (χ1v) is 7.26. The number of nitrogens with one attached hydrogen (secondary N) is 1. The molecule has 0 aliphatic carbocycles. The zero-order chi connectivity index (χ0) is 16.4. The zero-order valence-corrected chi connectivity index (χ0v) is 13.0. The van der Waals surface area contributed by atoms with Crippen LogP contribution in [0.15, 0.2) is 60.2 Å². The van der Waals surface area contributed by atoms with Crippen LogP contribution in [0.25, 0.3) is 6.08 Å². The standard InChI is InChI=1S/C18H17N3O2/c1-20(2)14-10-8-13(9-11-14)12-16-17(22)19-21(18(16)23)15-6-4-3-5-7-15/h3-12H,1-2H3,(H,19,22)/b16-12-. The molecule has 5 heteroatoms. The molecule has 5 nitrogen and oxygen atoms in total. The molecule has 0 radical (unpaired) electrons. The number of carbonyl (C=O) groups is 2. The summed E-state index contributed by atoms with van der Waals surface area (Å²) in [5, 5.41) is 1.27. The first-order valence-electron chi connectivity index (χ1n) is 7.26. The SMILES string of the molecule is CN(C)c1ccc(/C=C2/C(=O)NN(c3ccccc3)C2=O)cc1. The minimum absolute atomic E-state index is 0.131. The Labute approximate surface area is 134 Å². The van der Waals surface area contributed by atoms with Gasteiger partial charge in [0.1, 0.15) is 5.57 Å². The van der Waals surface area contributed by atoms with Gasteiger partial charge in [-0.1, -0.05) is 30.3 Å². The van der Waals surface area contributed by atoms with Gasteiger partial charge in [0.25, 0.3) is 11.8 Å². The fourth-order valence-corrected chi connectivity index (χ4v) is 2.35. The summed E-state index contributed by atoms with van der Waals surface area (Å²) < 4.78 is 0. The molecule has 1 N–H and O–H groups in total. The molecule has 0 bridgehead atoms. The molecule has 1 saturated heterocycles. The first kappa shape index (κ1) is 14.8. The van der Waals surface area contributed by atoms with Crippen LogP contribution in [0.1, 0.15) is 5.56 Å². The third-order valence-electron chi connectivity index (χ3n) is 3.63. The molecule has 1 heterocycles. The van der Waals surface area contributed by atoms with Crippen molar-refractivity contribution in [3.05, 3.63) is 65.7 Å². The number of amides is 2. The Morgan fingerprint density at radius 3 is 2.22 bits per heavy atom. The highest BCUT2D eigenvalue weighted by atomic mass is 16.2. The molecule has 2 aromatic carbocycles. The van der Waals surface area contributed by atoms with Gasteiger partial charge in [-0.3, -0.25) is 15.0 Å². The average Bonchev–Trinajstić information content (AvgIpc) is 2.84. The highest BCUT2D eigenvalue weighted by Crippen LogP contribution is 2.21. The zero-order valence-electron chi connectivity index (χ0n) is 13.0. The van der Waals surface area contributed by atoms with Crippen molar-refractivity contribution in [2.45, 2.75) is 0 Å². The van der Waals surface area contributed by atoms with E-state index in [-0.39, 0.29) is 11.5 Å². The summed E-state index contributed by atoms with van der Waals surface area (Å²) in [4.78, 5) is 26.5. The van der Waals surface area contributed by atoms with Crippen LogP contribution in [0.4, 0.5) is 11.4 Å². The van der Waals surface area contributed by atoms with Crippen LogP contribution in [-0.2, 0) is 9.59 Å². The molecule has 0 unspecified atom stereocenters. The van der Waals surface area contributed by atoms with Crippen molar-refractivity contribution in [1.82, 2.24) is 5.43 Å². The molecule has 2 amide bonds. The Morgan fingerprint density at radius 1 is 0.957 bits per heavy atom. The summed E-state index contributed by atoms with van der Waals surface area (Å²) in [6.07, 6.45) is 1.61. The van der Waals surface area contributed by atoms with Crippen LogP contribution in [0.3, 0.4) is 0 Å². The van der Waals surface area contributed by atoms with Crippen molar-refractivity contribution in [2.24, 2.45) is 0 Å². The normalized spacial score (nSPS) is 15.9. The summed E-state index contributed by atoms with van der Waals surface area (Å²) in [5.41, 5.74) is 5.22. The molecule has 3 rings (SSSR count). The third kappa shape index (κ3) is 2.94. The fraction of sp³-hybridized carbons (Fsp3) is 0.111. The molecule has 23 heavy (non-hydrogen) atoms. The second kappa shape index (κ2) is 5.96. The number of rotatable bonds is 3. The Bertz CT molecular complexity index is 765. The van der Waals surface area contributed by atoms with Crippen LogP contribution >= 0.6 is 0 Å². The van der Waals surface area contributed by atoms with Crippen molar-refractivity contribution < 1.29 is 9.59 Å². The van der Waals surface area contributed by atoms with Gasteiger partial charge in [0.05, 0.1) is 5.69 Å². The molecule has 0 saturated carbocycles. The lowest BCUT2D eigenvalue weighted by Crippen LogP contribution is -2.35. The van der Waals surface area contributed by atoms with Crippen molar-refractivity contribution in [3.8, 4) is 0 Å². The van der Waals surface area contributed by atoms with Gasteiger partial charge in [-0.2, -0.15) is 0 Å². The van der Waals surface area contributed by atoms with Crippen LogP contribution in [0, 0.1) is 0 Å². The molecule has 2 aromatic rings. The predicted octanol–water partition coefficient (Wildman–Crippen LogP) is 2.21. The van der Waals surface area contributed by atoms with Crippen molar-refractivity contribution in [3.63, 3.8) is 0 Å². The number of anilines is 2. The van der Waals surface area contributed by atoms with Gasteiger partial charge in [-0.05, 0) is 35.9 Å². The van der Waals surface area contributed by atoms with Gasteiger partial charge in [0.2, 0.25) is 0 Å². The van der Waals surface area contributed by atoms with E-state index in [2.05, 4.69) is 5.43 Å². The van der Waals surface area contributed by atoms with E-state index in [9.17, 15) is 9.59 Å². The van der Waals surface area contributed by atoms with E-state index in [4.69, 9.17) is 0 Å². The lowest BCUT2D eigenvalue weighted by molar-refractivity contribution is -0.117. The quantitative estimate of drug-likeness (QED) is 0.699. The average molecular weight is 307 g/mol. The summed E-state index contributed by atoms with van der Waals surface area (Å²) in [6.45, 7) is 0. The number of nitrogens with zero attached hydrogens (tertiary/aromatic N) is 2. The molecule has 116 valence electrons. The van der Waals surface area contributed by atoms with Gasteiger partial charge in [0, 0.05) is 19.8 Å². The summed E-state index contributed by atoms with van der Waals surface area (Å²) in [5.74, 6) is -0.742. The molecule has 1 aliphatic rings. The Morgan fingerprint density at radius 2 is 1.61 bits per heavy atom. The summed E-state index contributed by atoms with van der Waals surface area (Å²) in [6, 6.07) is 16.7. The van der Waals surface area contributed by atoms with E-state index in [1.54, 1.807) is 18.2 Å². The number of hydrogen-bond donors (Lipinski definition) is 1.